The summed E-state index contributed by atoms with van der Waals surface area (Å²) in [6.07, 6.45) is 3.77. The number of pyridine rings is 1. The number of rotatable bonds is 7. The fraction of sp³-hybridized carbons (Fsp3) is 0.135. The van der Waals surface area contributed by atoms with Gasteiger partial charge in [-0.2, -0.15) is 17.2 Å². The molecule has 5 nitrogen and oxygen atoms in total. The molecule has 7 aromatic rings. The van der Waals surface area contributed by atoms with Gasteiger partial charge in [0.1, 0.15) is 5.82 Å². The van der Waals surface area contributed by atoms with Gasteiger partial charge in [0.15, 0.2) is 0 Å². The summed E-state index contributed by atoms with van der Waals surface area (Å²) >= 11 is 0. The van der Waals surface area contributed by atoms with E-state index in [9.17, 15) is 0 Å². The van der Waals surface area contributed by atoms with Crippen LogP contribution in [0.15, 0.2) is 103 Å². The van der Waals surface area contributed by atoms with Crippen molar-refractivity contribution in [3.8, 4) is 34.1 Å². The second kappa shape index (κ2) is 12.0. The Morgan fingerprint density at radius 1 is 0.791 bits per heavy atom. The van der Waals surface area contributed by atoms with Crippen molar-refractivity contribution in [1.29, 1.82) is 0 Å². The van der Waals surface area contributed by atoms with E-state index in [0.29, 0.717) is 11.5 Å². The third-order valence-corrected chi connectivity index (χ3v) is 7.59. The Hall–Kier alpha value is -4.50. The van der Waals surface area contributed by atoms with Gasteiger partial charge in [-0.15, -0.1) is 35.7 Å². The zero-order valence-corrected chi connectivity index (χ0v) is 25.8. The van der Waals surface area contributed by atoms with Crippen molar-refractivity contribution >= 4 is 21.8 Å². The van der Waals surface area contributed by atoms with Crippen molar-refractivity contribution in [1.82, 2.24) is 19.3 Å². The molecule has 0 saturated carbocycles. The minimum atomic E-state index is 0. The SMILES string of the molecule is CCCc1c(-c2ccccc2)c(C)nn1-c1[c-]c(Oc2[c-]c3c(cc2)c2ccccc2n3-c2cc(C)ccn2)ccc1.[Pd+2]. The second-order valence-electron chi connectivity index (χ2n) is 10.6. The number of para-hydroxylation sites is 1. The molecular weight excluding hydrogens is 623 g/mol. The van der Waals surface area contributed by atoms with E-state index in [1.165, 1.54) is 16.8 Å². The number of fused-ring (bicyclic) bond motifs is 3. The van der Waals surface area contributed by atoms with Crippen LogP contribution in [0.5, 0.6) is 11.5 Å². The topological polar surface area (TPSA) is 44.9 Å². The number of nitrogens with zero attached hydrogens (tertiary/aromatic N) is 4. The van der Waals surface area contributed by atoms with E-state index in [1.54, 1.807) is 0 Å². The van der Waals surface area contributed by atoms with Gasteiger partial charge in [-0.3, -0.25) is 4.68 Å². The summed E-state index contributed by atoms with van der Waals surface area (Å²) in [5.74, 6) is 2.08. The smallest absolute Gasteiger partial charge is 0.509 e. The van der Waals surface area contributed by atoms with Crippen molar-refractivity contribution in [2.45, 2.75) is 33.6 Å². The minimum Gasteiger partial charge on any atom is -0.509 e. The molecule has 0 atom stereocenters. The standard InChI is InChI=1S/C37H30N4O.Pd/c1-4-11-34-37(27-12-6-5-7-13-27)26(3)39-41(34)28-14-10-15-29(23-28)42-30-18-19-32-31-16-8-9-17-33(31)40(35(32)24-30)36-22-25(2)20-21-38-36;/h5-10,12-22H,4,11H2,1-3H3;/q-2;+2. The van der Waals surface area contributed by atoms with E-state index in [1.807, 2.05) is 47.3 Å². The molecule has 0 fully saturated rings. The molecule has 3 aromatic heterocycles. The molecule has 0 bridgehead atoms. The molecule has 7 rings (SSSR count). The van der Waals surface area contributed by atoms with E-state index in [-0.39, 0.29) is 20.4 Å². The van der Waals surface area contributed by atoms with Crippen molar-refractivity contribution in [2.24, 2.45) is 0 Å². The third-order valence-electron chi connectivity index (χ3n) is 7.59. The molecule has 3 heterocycles. The van der Waals surface area contributed by atoms with E-state index in [4.69, 9.17) is 9.84 Å². The van der Waals surface area contributed by atoms with Crippen LogP contribution in [0.4, 0.5) is 0 Å². The van der Waals surface area contributed by atoms with Gasteiger partial charge in [0.25, 0.3) is 0 Å². The maximum absolute atomic E-state index is 6.39. The van der Waals surface area contributed by atoms with Gasteiger partial charge in [0.05, 0.1) is 5.69 Å². The summed E-state index contributed by atoms with van der Waals surface area (Å²) < 4.78 is 10.6. The van der Waals surface area contributed by atoms with Crippen molar-refractivity contribution in [3.05, 3.63) is 132 Å². The maximum Gasteiger partial charge on any atom is 2.00 e. The van der Waals surface area contributed by atoms with E-state index < -0.39 is 0 Å². The summed E-state index contributed by atoms with van der Waals surface area (Å²) in [6.45, 7) is 6.35. The first-order chi connectivity index (χ1) is 20.6. The zero-order chi connectivity index (χ0) is 28.6. The van der Waals surface area contributed by atoms with Crippen LogP contribution < -0.4 is 4.74 Å². The van der Waals surface area contributed by atoms with Crippen LogP contribution in [0, 0.1) is 26.0 Å². The first kappa shape index (κ1) is 28.6. The molecule has 0 N–H and O–H groups in total. The number of hydrogen-bond acceptors (Lipinski definition) is 3. The summed E-state index contributed by atoms with van der Waals surface area (Å²) in [7, 11) is 0. The number of hydrogen-bond donors (Lipinski definition) is 0. The predicted octanol–water partition coefficient (Wildman–Crippen LogP) is 8.99. The summed E-state index contributed by atoms with van der Waals surface area (Å²) in [6, 6.07) is 40.0. The Kier molecular flexibility index (Phi) is 7.99. The number of ether oxygens (including phenoxy) is 1. The fourth-order valence-electron chi connectivity index (χ4n) is 5.77. The van der Waals surface area contributed by atoms with Crippen molar-refractivity contribution < 1.29 is 25.2 Å². The molecule has 43 heavy (non-hydrogen) atoms. The first-order valence-electron chi connectivity index (χ1n) is 14.3. The average Bonchev–Trinajstić information content (AvgIpc) is 3.52. The molecule has 0 spiro atoms. The van der Waals surface area contributed by atoms with Gasteiger partial charge in [0, 0.05) is 34.5 Å². The van der Waals surface area contributed by atoms with Gasteiger partial charge in [-0.1, -0.05) is 67.4 Å². The zero-order valence-electron chi connectivity index (χ0n) is 24.2. The van der Waals surface area contributed by atoms with E-state index >= 15 is 0 Å². The van der Waals surface area contributed by atoms with Crippen LogP contribution in [0.25, 0.3) is 44.4 Å². The van der Waals surface area contributed by atoms with Crippen molar-refractivity contribution in [2.75, 3.05) is 0 Å². The Morgan fingerprint density at radius 3 is 2.40 bits per heavy atom. The molecule has 0 aliphatic heterocycles. The van der Waals surface area contributed by atoms with Gasteiger partial charge >= 0.3 is 20.4 Å². The Morgan fingerprint density at radius 2 is 1.58 bits per heavy atom. The largest absolute Gasteiger partial charge is 2.00 e. The normalized spacial score (nSPS) is 11.1. The van der Waals surface area contributed by atoms with Crippen LogP contribution in [0.3, 0.4) is 0 Å². The van der Waals surface area contributed by atoms with Crippen LogP contribution >= 0.6 is 0 Å². The molecule has 6 heteroatoms. The van der Waals surface area contributed by atoms with Gasteiger partial charge < -0.3 is 9.30 Å². The molecule has 0 amide bonds. The van der Waals surface area contributed by atoms with Gasteiger partial charge in [0.2, 0.25) is 0 Å². The second-order valence-corrected chi connectivity index (χ2v) is 10.6. The number of aryl methyl sites for hydroxylation is 2. The van der Waals surface area contributed by atoms with Crippen LogP contribution in [0.2, 0.25) is 0 Å². The minimum absolute atomic E-state index is 0. The average molecular weight is 653 g/mol. The monoisotopic (exact) mass is 652 g/mol. The molecule has 0 saturated heterocycles. The molecule has 0 aliphatic carbocycles. The quantitative estimate of drug-likeness (QED) is 0.128. The molecule has 0 unspecified atom stereocenters. The molecule has 0 radical (unpaired) electrons. The Balaban J connectivity index is 0.00000329. The van der Waals surface area contributed by atoms with E-state index in [2.05, 4.69) is 103 Å². The van der Waals surface area contributed by atoms with E-state index in [0.717, 1.165) is 57.4 Å². The Labute approximate surface area is 265 Å². The van der Waals surface area contributed by atoms with Crippen LogP contribution in [-0.2, 0) is 26.8 Å². The summed E-state index contributed by atoms with van der Waals surface area (Å²) in [5.41, 5.74) is 8.55. The van der Waals surface area contributed by atoms with Gasteiger partial charge in [-0.05, 0) is 60.7 Å². The van der Waals surface area contributed by atoms with Crippen LogP contribution in [0.1, 0.15) is 30.3 Å². The fourth-order valence-corrected chi connectivity index (χ4v) is 5.77. The third kappa shape index (κ3) is 5.29. The van der Waals surface area contributed by atoms with Gasteiger partial charge in [-0.25, -0.2) is 4.98 Å². The maximum atomic E-state index is 6.39. The predicted molar refractivity (Wildman–Crippen MR) is 169 cm³/mol. The summed E-state index contributed by atoms with van der Waals surface area (Å²) in [5, 5.41) is 7.21. The molecular formula is C37H30N4OPd. The molecule has 214 valence electrons. The Bertz CT molecular complexity index is 2060. The first-order valence-corrected chi connectivity index (χ1v) is 14.3. The molecule has 4 aromatic carbocycles. The number of aromatic nitrogens is 4. The molecule has 0 aliphatic rings. The van der Waals surface area contributed by atoms with Crippen molar-refractivity contribution in [3.63, 3.8) is 0 Å². The number of benzene rings is 4. The summed E-state index contributed by atoms with van der Waals surface area (Å²) in [4.78, 5) is 4.68. The van der Waals surface area contributed by atoms with Crippen LogP contribution in [-0.4, -0.2) is 19.3 Å².